The number of carbonyl (C=O) groups excluding carboxylic acids is 1. The van der Waals surface area contributed by atoms with Crippen molar-refractivity contribution in [1.29, 1.82) is 0 Å². The van der Waals surface area contributed by atoms with Gasteiger partial charge in [0.2, 0.25) is 0 Å². The maximum atomic E-state index is 12.9. The summed E-state index contributed by atoms with van der Waals surface area (Å²) in [5, 5.41) is 0.621. The minimum Gasteiger partial charge on any atom is -0.461 e. The van der Waals surface area contributed by atoms with Gasteiger partial charge >= 0.3 is 5.97 Å². The fraction of sp³-hybridized carbons (Fsp3) is 0.667. The summed E-state index contributed by atoms with van der Waals surface area (Å²) < 4.78 is 18.7. The fourth-order valence-electron chi connectivity index (χ4n) is 4.01. The van der Waals surface area contributed by atoms with E-state index in [0.29, 0.717) is 17.2 Å². The summed E-state index contributed by atoms with van der Waals surface area (Å²) in [4.78, 5) is 14.7. The molecule has 1 aromatic rings. The van der Waals surface area contributed by atoms with E-state index < -0.39 is 10.8 Å². The van der Waals surface area contributed by atoms with Crippen molar-refractivity contribution in [3.05, 3.63) is 34.9 Å². The lowest BCUT2D eigenvalue weighted by molar-refractivity contribution is -0.150. The second-order valence-electron chi connectivity index (χ2n) is 7.66. The molecule has 1 aromatic carbocycles. The van der Waals surface area contributed by atoms with E-state index in [1.807, 2.05) is 24.3 Å². The molecule has 0 spiro atoms. The van der Waals surface area contributed by atoms with Gasteiger partial charge in [-0.2, -0.15) is 0 Å². The molecular weight excluding hydrogens is 382 g/mol. The molecule has 3 unspecified atom stereocenters. The van der Waals surface area contributed by atoms with Gasteiger partial charge in [-0.3, -0.25) is 9.00 Å². The lowest BCUT2D eigenvalue weighted by atomic mass is 9.97. The first-order chi connectivity index (χ1) is 13.1. The number of nitrogens with zero attached hydrogens (tertiary/aromatic N) is 1. The summed E-state index contributed by atoms with van der Waals surface area (Å²) in [5.74, 6) is 0.352. The minimum atomic E-state index is -1.05. The van der Waals surface area contributed by atoms with Gasteiger partial charge in [-0.25, -0.2) is 0 Å². The number of halogens is 1. The number of benzene rings is 1. The predicted molar refractivity (Wildman–Crippen MR) is 110 cm³/mol. The highest BCUT2D eigenvalue weighted by molar-refractivity contribution is 7.84. The molecule has 4 nitrogen and oxygen atoms in total. The molecule has 150 valence electrons. The molecule has 2 aliphatic rings. The largest absolute Gasteiger partial charge is 0.461 e. The number of ether oxygens (including phenoxy) is 1. The maximum absolute atomic E-state index is 12.9. The smallest absolute Gasteiger partial charge is 0.307 e. The third-order valence-corrected chi connectivity index (χ3v) is 7.65. The second-order valence-corrected chi connectivity index (χ2v) is 9.75. The van der Waals surface area contributed by atoms with Crippen LogP contribution >= 0.6 is 11.6 Å². The van der Waals surface area contributed by atoms with Gasteiger partial charge < -0.3 is 9.64 Å². The molecular formula is C21H30ClNO3S. The quantitative estimate of drug-likeness (QED) is 0.627. The van der Waals surface area contributed by atoms with Crippen LogP contribution in [0.5, 0.6) is 0 Å². The van der Waals surface area contributed by atoms with Gasteiger partial charge in [0.1, 0.15) is 6.10 Å². The normalized spacial score (nSPS) is 25.1. The maximum Gasteiger partial charge on any atom is 0.307 e. The van der Waals surface area contributed by atoms with E-state index in [1.165, 1.54) is 19.3 Å². The van der Waals surface area contributed by atoms with Crippen LogP contribution in [0, 0.1) is 0 Å². The topological polar surface area (TPSA) is 46.6 Å². The first kappa shape index (κ1) is 20.8. The summed E-state index contributed by atoms with van der Waals surface area (Å²) in [6.45, 7) is 2.96. The summed E-state index contributed by atoms with van der Waals surface area (Å²) in [6.07, 6.45) is 7.76. The lowest BCUT2D eigenvalue weighted by Gasteiger charge is -2.31. The van der Waals surface area contributed by atoms with Crippen LogP contribution in [0.25, 0.3) is 0 Å². The van der Waals surface area contributed by atoms with Crippen LogP contribution in [-0.4, -0.2) is 46.1 Å². The van der Waals surface area contributed by atoms with Gasteiger partial charge in [0, 0.05) is 28.1 Å². The average molecular weight is 412 g/mol. The number of likely N-dealkylation sites (tertiary alicyclic amines) is 1. The number of carbonyl (C=O) groups is 1. The Labute approximate surface area is 170 Å². The van der Waals surface area contributed by atoms with Crippen molar-refractivity contribution in [2.24, 2.45) is 0 Å². The van der Waals surface area contributed by atoms with Crippen LogP contribution in [0.3, 0.4) is 0 Å². The Kier molecular flexibility index (Phi) is 8.16. The number of rotatable bonds is 7. The van der Waals surface area contributed by atoms with Crippen molar-refractivity contribution in [3.8, 4) is 0 Å². The van der Waals surface area contributed by atoms with E-state index in [0.717, 1.165) is 50.9 Å². The summed E-state index contributed by atoms with van der Waals surface area (Å²) >= 11 is 5.93. The van der Waals surface area contributed by atoms with E-state index in [2.05, 4.69) is 4.90 Å². The third kappa shape index (κ3) is 6.58. The number of hydrogen-bond donors (Lipinski definition) is 0. The van der Waals surface area contributed by atoms with Gasteiger partial charge in [0.25, 0.3) is 0 Å². The molecule has 0 N–H and O–H groups in total. The molecule has 1 heterocycles. The average Bonchev–Trinajstić information content (AvgIpc) is 2.69. The molecule has 1 saturated heterocycles. The van der Waals surface area contributed by atoms with E-state index in [-0.39, 0.29) is 17.3 Å². The Morgan fingerprint density at radius 2 is 1.78 bits per heavy atom. The van der Waals surface area contributed by atoms with E-state index in [9.17, 15) is 9.00 Å². The second kappa shape index (κ2) is 10.6. The Balaban J connectivity index is 1.50. The minimum absolute atomic E-state index is 0.0617. The monoisotopic (exact) mass is 411 g/mol. The number of hydrogen-bond acceptors (Lipinski definition) is 4. The van der Waals surface area contributed by atoms with Gasteiger partial charge in [0.05, 0.1) is 11.7 Å². The van der Waals surface area contributed by atoms with E-state index >= 15 is 0 Å². The molecule has 27 heavy (non-hydrogen) atoms. The van der Waals surface area contributed by atoms with E-state index in [1.54, 1.807) is 0 Å². The van der Waals surface area contributed by atoms with Crippen LogP contribution in [0.15, 0.2) is 24.3 Å². The van der Waals surface area contributed by atoms with Gasteiger partial charge in [-0.1, -0.05) is 36.6 Å². The van der Waals surface area contributed by atoms with Crippen LogP contribution in [0.1, 0.15) is 56.9 Å². The molecule has 0 radical (unpaired) electrons. The highest BCUT2D eigenvalue weighted by Gasteiger charge is 2.32. The first-order valence-electron chi connectivity index (χ1n) is 10.2. The summed E-state index contributed by atoms with van der Waals surface area (Å²) in [7, 11) is -1.05. The van der Waals surface area contributed by atoms with Crippen LogP contribution in [-0.2, 0) is 26.1 Å². The van der Waals surface area contributed by atoms with Crippen molar-refractivity contribution in [2.45, 2.75) is 68.5 Å². The molecule has 3 atom stereocenters. The molecule has 0 amide bonds. The number of piperidine rings is 1. The van der Waals surface area contributed by atoms with Crippen molar-refractivity contribution >= 4 is 28.4 Å². The molecule has 0 bridgehead atoms. The fourth-order valence-corrected chi connectivity index (χ4v) is 5.83. The van der Waals surface area contributed by atoms with Gasteiger partial charge in [0.15, 0.2) is 0 Å². The Bertz CT molecular complexity index is 631. The molecule has 3 rings (SSSR count). The SMILES string of the molecule is O=C(CCN1CCCCC1)OC1CCCCC1S(=O)Cc1ccc(Cl)cc1. The standard InChI is InChI=1S/C21H30ClNO3S/c22-18-10-8-17(9-11-18)16-27(25)20-7-3-2-6-19(20)26-21(24)12-15-23-13-4-1-5-14-23/h8-11,19-20H,1-7,12-16H2. The van der Waals surface area contributed by atoms with Crippen LogP contribution in [0.2, 0.25) is 5.02 Å². The molecule has 1 aliphatic heterocycles. The molecule has 1 aliphatic carbocycles. The highest BCUT2D eigenvalue weighted by Crippen LogP contribution is 2.27. The van der Waals surface area contributed by atoms with Crippen molar-refractivity contribution < 1.29 is 13.7 Å². The van der Waals surface area contributed by atoms with Crippen molar-refractivity contribution in [3.63, 3.8) is 0 Å². The van der Waals surface area contributed by atoms with Gasteiger partial charge in [-0.15, -0.1) is 0 Å². The zero-order valence-electron chi connectivity index (χ0n) is 15.9. The first-order valence-corrected chi connectivity index (χ1v) is 11.9. The van der Waals surface area contributed by atoms with Crippen LogP contribution in [0.4, 0.5) is 0 Å². The molecule has 2 fully saturated rings. The summed E-state index contributed by atoms with van der Waals surface area (Å²) in [5.41, 5.74) is 1.01. The zero-order chi connectivity index (χ0) is 19.1. The molecule has 0 aromatic heterocycles. The zero-order valence-corrected chi connectivity index (χ0v) is 17.5. The summed E-state index contributed by atoms with van der Waals surface area (Å²) in [6, 6.07) is 7.49. The van der Waals surface area contributed by atoms with Crippen molar-refractivity contribution in [2.75, 3.05) is 19.6 Å². The Morgan fingerprint density at radius 3 is 2.52 bits per heavy atom. The molecule has 1 saturated carbocycles. The number of esters is 1. The Hall–Kier alpha value is -0.910. The lowest BCUT2D eigenvalue weighted by Crippen LogP contribution is -2.39. The van der Waals surface area contributed by atoms with Gasteiger partial charge in [-0.05, 0) is 62.9 Å². The Morgan fingerprint density at radius 1 is 1.07 bits per heavy atom. The van der Waals surface area contributed by atoms with Crippen LogP contribution < -0.4 is 0 Å². The van der Waals surface area contributed by atoms with E-state index in [4.69, 9.17) is 16.3 Å². The van der Waals surface area contributed by atoms with Crippen molar-refractivity contribution in [1.82, 2.24) is 4.90 Å². The third-order valence-electron chi connectivity index (χ3n) is 5.57. The highest BCUT2D eigenvalue weighted by atomic mass is 35.5. The predicted octanol–water partition coefficient (Wildman–Crippen LogP) is 4.32. The molecule has 6 heteroatoms.